The lowest BCUT2D eigenvalue weighted by Gasteiger charge is -2.09. The zero-order valence-corrected chi connectivity index (χ0v) is 9.09. The van der Waals surface area contributed by atoms with Gasteiger partial charge in [-0.25, -0.2) is 0 Å². The first kappa shape index (κ1) is 13.8. The lowest BCUT2D eigenvalue weighted by Crippen LogP contribution is -2.12. The van der Waals surface area contributed by atoms with E-state index in [2.05, 4.69) is 25.5 Å². The molecule has 2 heteroatoms. The molecule has 72 valence electrons. The van der Waals surface area contributed by atoms with Crippen LogP contribution in [0.5, 0.6) is 0 Å². The van der Waals surface area contributed by atoms with Gasteiger partial charge in [-0.3, -0.25) is 0 Å². The number of hydrazone groups is 1. The predicted octanol–water partition coefficient (Wildman–Crippen LogP) is 2.92. The molecule has 12 heavy (non-hydrogen) atoms. The van der Waals surface area contributed by atoms with Gasteiger partial charge in [-0.2, -0.15) is 5.10 Å². The van der Waals surface area contributed by atoms with Crippen molar-refractivity contribution in [2.45, 2.75) is 34.1 Å². The summed E-state index contributed by atoms with van der Waals surface area (Å²) in [6.45, 7) is 12.7. The Bertz CT molecular complexity index is 128. The third kappa shape index (κ3) is 7.32. The van der Waals surface area contributed by atoms with Crippen molar-refractivity contribution in [2.75, 3.05) is 13.6 Å². The van der Waals surface area contributed by atoms with Crippen molar-refractivity contribution in [3.8, 4) is 0 Å². The second kappa shape index (κ2) is 10.2. The molecule has 0 spiro atoms. The molecule has 0 aliphatic rings. The highest BCUT2D eigenvalue weighted by atomic mass is 15.4. The van der Waals surface area contributed by atoms with E-state index < -0.39 is 0 Å². The van der Waals surface area contributed by atoms with Gasteiger partial charge in [-0.1, -0.05) is 27.4 Å². The molecule has 0 N–H and O–H groups in total. The van der Waals surface area contributed by atoms with Gasteiger partial charge in [0.05, 0.1) is 5.71 Å². The summed E-state index contributed by atoms with van der Waals surface area (Å²) in [5, 5.41) is 6.17. The van der Waals surface area contributed by atoms with Crippen LogP contribution in [0.2, 0.25) is 0 Å². The van der Waals surface area contributed by atoms with Crippen LogP contribution in [0, 0.1) is 0 Å². The Morgan fingerprint density at radius 2 is 1.92 bits per heavy atom. The number of nitrogens with zero attached hydrogens (tertiary/aromatic N) is 2. The molecule has 2 nitrogen and oxygen atoms in total. The van der Waals surface area contributed by atoms with Gasteiger partial charge in [0.25, 0.3) is 0 Å². The lowest BCUT2D eigenvalue weighted by molar-refractivity contribution is 0.375. The molecule has 0 aliphatic heterocycles. The molecular formula is C10H22N2. The van der Waals surface area contributed by atoms with Gasteiger partial charge < -0.3 is 5.01 Å². The fourth-order valence-corrected chi connectivity index (χ4v) is 0.546. The standard InChI is InChI=1S/C8H16N2.C2H6/c1-5-8(6-2)9-10(4)7-3;1-2/h5H,1,6-7H2,2-4H3;1-2H3/b9-8+;. The maximum Gasteiger partial charge on any atom is 0.0596 e. The van der Waals surface area contributed by atoms with E-state index in [-0.39, 0.29) is 0 Å². The van der Waals surface area contributed by atoms with Crippen LogP contribution in [-0.4, -0.2) is 24.3 Å². The second-order valence-corrected chi connectivity index (χ2v) is 2.12. The first-order valence-electron chi connectivity index (χ1n) is 4.65. The van der Waals surface area contributed by atoms with Gasteiger partial charge in [0.2, 0.25) is 0 Å². The van der Waals surface area contributed by atoms with E-state index in [1.807, 2.05) is 25.9 Å². The molecular weight excluding hydrogens is 148 g/mol. The highest BCUT2D eigenvalue weighted by Crippen LogP contribution is 1.90. The highest BCUT2D eigenvalue weighted by Gasteiger charge is 1.90. The lowest BCUT2D eigenvalue weighted by atomic mass is 10.3. The van der Waals surface area contributed by atoms with Crippen LogP contribution in [0.15, 0.2) is 17.8 Å². The molecule has 0 fully saturated rings. The third-order valence-corrected chi connectivity index (χ3v) is 1.35. The maximum absolute atomic E-state index is 4.26. The van der Waals surface area contributed by atoms with E-state index in [1.165, 1.54) is 0 Å². The first-order chi connectivity index (χ1) is 5.74. The van der Waals surface area contributed by atoms with Crippen molar-refractivity contribution in [1.82, 2.24) is 5.01 Å². The van der Waals surface area contributed by atoms with Crippen LogP contribution in [0.3, 0.4) is 0 Å². The van der Waals surface area contributed by atoms with Crippen LogP contribution in [0.4, 0.5) is 0 Å². The van der Waals surface area contributed by atoms with Gasteiger partial charge in [0.1, 0.15) is 0 Å². The smallest absolute Gasteiger partial charge is 0.0596 e. The van der Waals surface area contributed by atoms with E-state index in [1.54, 1.807) is 6.08 Å². The minimum Gasteiger partial charge on any atom is -0.300 e. The van der Waals surface area contributed by atoms with Crippen LogP contribution in [-0.2, 0) is 0 Å². The van der Waals surface area contributed by atoms with Crippen molar-refractivity contribution in [3.05, 3.63) is 12.7 Å². The summed E-state index contributed by atoms with van der Waals surface area (Å²) in [7, 11) is 1.96. The van der Waals surface area contributed by atoms with Gasteiger partial charge in [-0.15, -0.1) is 0 Å². The van der Waals surface area contributed by atoms with Crippen LogP contribution in [0.1, 0.15) is 34.1 Å². The number of hydrogen-bond donors (Lipinski definition) is 0. The van der Waals surface area contributed by atoms with E-state index >= 15 is 0 Å². The summed E-state index contributed by atoms with van der Waals surface area (Å²) >= 11 is 0. The van der Waals surface area contributed by atoms with E-state index in [4.69, 9.17) is 0 Å². The van der Waals surface area contributed by atoms with Gasteiger partial charge >= 0.3 is 0 Å². The molecule has 0 aromatic rings. The fraction of sp³-hybridized carbons (Fsp3) is 0.700. The molecule has 0 rings (SSSR count). The van der Waals surface area contributed by atoms with Crippen LogP contribution in [0.25, 0.3) is 0 Å². The van der Waals surface area contributed by atoms with Crippen molar-refractivity contribution in [1.29, 1.82) is 0 Å². The Balaban J connectivity index is 0. The van der Waals surface area contributed by atoms with Crippen molar-refractivity contribution >= 4 is 5.71 Å². The zero-order valence-electron chi connectivity index (χ0n) is 9.09. The van der Waals surface area contributed by atoms with Crippen LogP contribution < -0.4 is 0 Å². The second-order valence-electron chi connectivity index (χ2n) is 2.12. The van der Waals surface area contributed by atoms with Crippen LogP contribution >= 0.6 is 0 Å². The molecule has 0 unspecified atom stereocenters. The topological polar surface area (TPSA) is 15.6 Å². The summed E-state index contributed by atoms with van der Waals surface area (Å²) in [4.78, 5) is 0. The molecule has 0 amide bonds. The molecule has 0 aromatic carbocycles. The number of rotatable bonds is 4. The first-order valence-corrected chi connectivity index (χ1v) is 4.65. The Labute approximate surface area is 77.0 Å². The van der Waals surface area contributed by atoms with Crippen molar-refractivity contribution in [3.63, 3.8) is 0 Å². The van der Waals surface area contributed by atoms with Gasteiger partial charge in [0, 0.05) is 13.6 Å². The predicted molar refractivity (Wildman–Crippen MR) is 57.6 cm³/mol. The normalized spacial score (nSPS) is 9.92. The molecule has 0 aliphatic carbocycles. The summed E-state index contributed by atoms with van der Waals surface area (Å²) in [6.07, 6.45) is 2.75. The zero-order chi connectivity index (χ0) is 9.98. The Kier molecular flexibility index (Phi) is 11.7. The van der Waals surface area contributed by atoms with E-state index in [0.717, 1.165) is 18.7 Å². The SMILES string of the molecule is C=C/C(CC)=N\N(C)CC.CC. The van der Waals surface area contributed by atoms with E-state index in [9.17, 15) is 0 Å². The fourth-order valence-electron chi connectivity index (χ4n) is 0.546. The molecule has 0 saturated carbocycles. The minimum atomic E-state index is 0.942. The average molecular weight is 170 g/mol. The van der Waals surface area contributed by atoms with Crippen molar-refractivity contribution < 1.29 is 0 Å². The molecule has 0 aromatic heterocycles. The summed E-state index contributed by atoms with van der Waals surface area (Å²) < 4.78 is 0. The maximum atomic E-state index is 4.26. The van der Waals surface area contributed by atoms with E-state index in [0.29, 0.717) is 0 Å². The summed E-state index contributed by atoms with van der Waals surface area (Å²) in [6, 6.07) is 0. The Morgan fingerprint density at radius 3 is 2.17 bits per heavy atom. The number of hydrogen-bond acceptors (Lipinski definition) is 2. The minimum absolute atomic E-state index is 0.942. The molecule has 0 radical (unpaired) electrons. The molecule has 0 heterocycles. The quantitative estimate of drug-likeness (QED) is 0.468. The summed E-state index contributed by atoms with van der Waals surface area (Å²) in [5.41, 5.74) is 1.05. The molecule has 0 saturated heterocycles. The van der Waals surface area contributed by atoms with Gasteiger partial charge in [0.15, 0.2) is 0 Å². The van der Waals surface area contributed by atoms with Gasteiger partial charge in [-0.05, 0) is 19.4 Å². The Hall–Kier alpha value is -0.790. The number of allylic oxidation sites excluding steroid dienone is 1. The Morgan fingerprint density at radius 1 is 1.42 bits per heavy atom. The summed E-state index contributed by atoms with van der Waals surface area (Å²) in [5.74, 6) is 0. The monoisotopic (exact) mass is 170 g/mol. The largest absolute Gasteiger partial charge is 0.300 e. The molecule has 0 atom stereocenters. The van der Waals surface area contributed by atoms with Crippen molar-refractivity contribution in [2.24, 2.45) is 5.10 Å². The molecule has 0 bridgehead atoms. The highest BCUT2D eigenvalue weighted by molar-refractivity contribution is 5.93. The third-order valence-electron chi connectivity index (χ3n) is 1.35. The average Bonchev–Trinajstić information content (AvgIpc) is 2.16.